The largest absolute Gasteiger partial charge is 0.491 e. The monoisotopic (exact) mass is 218 g/mol. The summed E-state index contributed by atoms with van der Waals surface area (Å²) in [7, 11) is 0. The Bertz CT molecular complexity index is 356. The molecule has 0 saturated heterocycles. The molecule has 3 nitrogen and oxygen atoms in total. The van der Waals surface area contributed by atoms with Gasteiger partial charge < -0.3 is 4.74 Å². The van der Waals surface area contributed by atoms with Gasteiger partial charge in [-0.05, 0) is 32.9 Å². The molecule has 0 spiro atoms. The lowest BCUT2D eigenvalue weighted by atomic mass is 10.1. The van der Waals surface area contributed by atoms with Gasteiger partial charge >= 0.3 is 0 Å². The van der Waals surface area contributed by atoms with Crippen molar-refractivity contribution in [2.24, 2.45) is 0 Å². The van der Waals surface area contributed by atoms with Gasteiger partial charge in [0.25, 0.3) is 0 Å². The molecule has 0 aromatic heterocycles. The molecular formula is C13H18N2O. The van der Waals surface area contributed by atoms with Gasteiger partial charge in [-0.3, -0.25) is 5.32 Å². The predicted octanol–water partition coefficient (Wildman–Crippen LogP) is 2.35. The maximum Gasteiger partial charge on any atom is 0.138 e. The van der Waals surface area contributed by atoms with E-state index in [4.69, 9.17) is 10.00 Å². The smallest absolute Gasteiger partial charge is 0.138 e. The highest BCUT2D eigenvalue weighted by Gasteiger charge is 2.25. The van der Waals surface area contributed by atoms with Crippen molar-refractivity contribution in [3.63, 3.8) is 0 Å². The molecule has 86 valence electrons. The highest BCUT2D eigenvalue weighted by Crippen LogP contribution is 2.12. The summed E-state index contributed by atoms with van der Waals surface area (Å²) in [5, 5.41) is 12.3. The molecule has 1 aromatic carbocycles. The molecule has 0 aliphatic heterocycles. The topological polar surface area (TPSA) is 45.0 Å². The van der Waals surface area contributed by atoms with E-state index in [0.29, 0.717) is 6.61 Å². The van der Waals surface area contributed by atoms with E-state index in [1.165, 1.54) is 0 Å². The minimum absolute atomic E-state index is 0.254. The number of nitriles is 1. The van der Waals surface area contributed by atoms with E-state index in [1.54, 1.807) is 0 Å². The van der Waals surface area contributed by atoms with Crippen LogP contribution < -0.4 is 10.1 Å². The van der Waals surface area contributed by atoms with Gasteiger partial charge in [-0.1, -0.05) is 18.2 Å². The number of hydrogen-bond donors (Lipinski definition) is 1. The molecule has 1 rings (SSSR count). The zero-order valence-corrected chi connectivity index (χ0v) is 10.0. The first-order chi connectivity index (χ1) is 7.56. The fraction of sp³-hybridized carbons (Fsp3) is 0.462. The lowest BCUT2D eigenvalue weighted by molar-refractivity contribution is 0.225. The van der Waals surface area contributed by atoms with E-state index >= 15 is 0 Å². The Balaban J connectivity index is 2.56. The molecule has 0 aliphatic rings. The molecule has 0 radical (unpaired) electrons. The number of nitrogens with zero attached hydrogens (tertiary/aromatic N) is 1. The van der Waals surface area contributed by atoms with Gasteiger partial charge in [0.15, 0.2) is 0 Å². The molecule has 3 heteroatoms. The average Bonchev–Trinajstić information content (AvgIpc) is 2.27. The summed E-state index contributed by atoms with van der Waals surface area (Å²) in [4.78, 5) is 0. The lowest BCUT2D eigenvalue weighted by Gasteiger charge is -2.25. The van der Waals surface area contributed by atoms with E-state index in [9.17, 15) is 0 Å². The Hall–Kier alpha value is -1.53. The van der Waals surface area contributed by atoms with Crippen LogP contribution in [0.3, 0.4) is 0 Å². The first-order valence-electron chi connectivity index (χ1n) is 5.42. The fourth-order valence-corrected chi connectivity index (χ4v) is 1.49. The summed E-state index contributed by atoms with van der Waals surface area (Å²) >= 11 is 0. The predicted molar refractivity (Wildman–Crippen MR) is 64.2 cm³/mol. The summed E-state index contributed by atoms with van der Waals surface area (Å²) in [6.07, 6.45) is 0. The summed E-state index contributed by atoms with van der Waals surface area (Å²) in [6, 6.07) is 12.0. The van der Waals surface area contributed by atoms with E-state index < -0.39 is 5.54 Å². The van der Waals surface area contributed by atoms with Crippen molar-refractivity contribution in [1.82, 2.24) is 5.32 Å². The molecule has 1 N–H and O–H groups in total. The van der Waals surface area contributed by atoms with Crippen molar-refractivity contribution in [3.8, 4) is 11.8 Å². The third-order valence-corrected chi connectivity index (χ3v) is 2.12. The highest BCUT2D eigenvalue weighted by molar-refractivity contribution is 5.21. The average molecular weight is 218 g/mol. The minimum Gasteiger partial charge on any atom is -0.491 e. The second-order valence-corrected chi connectivity index (χ2v) is 4.34. The van der Waals surface area contributed by atoms with Gasteiger partial charge in [-0.25, -0.2) is 0 Å². The molecule has 0 heterocycles. The van der Waals surface area contributed by atoms with Gasteiger partial charge in [0.2, 0.25) is 0 Å². The normalized spacial score (nSPS) is 14.2. The third-order valence-electron chi connectivity index (χ3n) is 2.12. The van der Waals surface area contributed by atoms with Crippen LogP contribution in [-0.4, -0.2) is 18.2 Å². The zero-order chi connectivity index (χ0) is 12.0. The maximum absolute atomic E-state index is 9.12. The maximum atomic E-state index is 9.12. The van der Waals surface area contributed by atoms with Crippen molar-refractivity contribution in [2.75, 3.05) is 6.61 Å². The number of para-hydroxylation sites is 1. The SMILES string of the molecule is CC(C)NC(C)(C#N)COc1ccccc1. The Morgan fingerprint density at radius 3 is 2.50 bits per heavy atom. The van der Waals surface area contributed by atoms with Gasteiger partial charge in [-0.15, -0.1) is 0 Å². The molecule has 1 unspecified atom stereocenters. The van der Waals surface area contributed by atoms with Crippen molar-refractivity contribution < 1.29 is 4.74 Å². The van der Waals surface area contributed by atoms with Crippen molar-refractivity contribution in [3.05, 3.63) is 30.3 Å². The fourth-order valence-electron chi connectivity index (χ4n) is 1.49. The van der Waals surface area contributed by atoms with E-state index in [1.807, 2.05) is 51.1 Å². The Morgan fingerprint density at radius 1 is 1.38 bits per heavy atom. The van der Waals surface area contributed by atoms with Crippen molar-refractivity contribution in [2.45, 2.75) is 32.4 Å². The molecular weight excluding hydrogens is 200 g/mol. The van der Waals surface area contributed by atoms with Crippen LogP contribution in [0.25, 0.3) is 0 Å². The first-order valence-corrected chi connectivity index (χ1v) is 5.42. The Morgan fingerprint density at radius 2 is 2.00 bits per heavy atom. The standard InChI is InChI=1S/C13H18N2O/c1-11(2)15-13(3,9-14)10-16-12-7-5-4-6-8-12/h4-8,11,15H,10H2,1-3H3. The summed E-state index contributed by atoms with van der Waals surface area (Å²) in [5.74, 6) is 0.787. The number of benzene rings is 1. The van der Waals surface area contributed by atoms with Crippen molar-refractivity contribution in [1.29, 1.82) is 5.26 Å². The van der Waals surface area contributed by atoms with Gasteiger partial charge in [0.05, 0.1) is 6.07 Å². The van der Waals surface area contributed by atoms with Crippen LogP contribution in [-0.2, 0) is 0 Å². The molecule has 0 bridgehead atoms. The molecule has 0 saturated carbocycles. The minimum atomic E-state index is -0.649. The van der Waals surface area contributed by atoms with Crippen LogP contribution in [0.5, 0.6) is 5.75 Å². The van der Waals surface area contributed by atoms with Crippen LogP contribution in [0.4, 0.5) is 0 Å². The Kier molecular flexibility index (Phi) is 4.33. The molecule has 0 amide bonds. The van der Waals surface area contributed by atoms with E-state index in [2.05, 4.69) is 11.4 Å². The summed E-state index contributed by atoms with van der Waals surface area (Å²) < 4.78 is 5.58. The van der Waals surface area contributed by atoms with Crippen molar-refractivity contribution >= 4 is 0 Å². The number of nitrogens with one attached hydrogen (secondary N) is 1. The number of ether oxygens (including phenoxy) is 1. The summed E-state index contributed by atoms with van der Waals surface area (Å²) in [5.41, 5.74) is -0.649. The molecule has 1 atom stereocenters. The summed E-state index contributed by atoms with van der Waals surface area (Å²) in [6.45, 7) is 6.21. The van der Waals surface area contributed by atoms with Gasteiger partial charge in [-0.2, -0.15) is 5.26 Å². The number of hydrogen-bond acceptors (Lipinski definition) is 3. The number of rotatable bonds is 5. The lowest BCUT2D eigenvalue weighted by Crippen LogP contribution is -2.49. The quantitative estimate of drug-likeness (QED) is 0.825. The second kappa shape index (κ2) is 5.53. The van der Waals surface area contributed by atoms with Crippen LogP contribution >= 0.6 is 0 Å². The van der Waals surface area contributed by atoms with Crippen LogP contribution in [0.1, 0.15) is 20.8 Å². The third kappa shape index (κ3) is 3.92. The molecule has 0 fully saturated rings. The van der Waals surface area contributed by atoms with Crippen LogP contribution in [0.15, 0.2) is 30.3 Å². The van der Waals surface area contributed by atoms with Gasteiger partial charge in [0.1, 0.15) is 17.9 Å². The van der Waals surface area contributed by atoms with Crippen LogP contribution in [0.2, 0.25) is 0 Å². The first kappa shape index (κ1) is 12.5. The second-order valence-electron chi connectivity index (χ2n) is 4.34. The Labute approximate surface area is 97.0 Å². The molecule has 16 heavy (non-hydrogen) atoms. The highest BCUT2D eigenvalue weighted by atomic mass is 16.5. The van der Waals surface area contributed by atoms with E-state index in [-0.39, 0.29) is 6.04 Å². The molecule has 1 aromatic rings. The molecule has 0 aliphatic carbocycles. The zero-order valence-electron chi connectivity index (χ0n) is 10.0. The van der Waals surface area contributed by atoms with Gasteiger partial charge in [0, 0.05) is 6.04 Å². The van der Waals surface area contributed by atoms with Crippen LogP contribution in [0, 0.1) is 11.3 Å². The van der Waals surface area contributed by atoms with E-state index in [0.717, 1.165) is 5.75 Å².